The SMILES string of the molecule is CC(C)(C)OC(=O)c1ccc(-c2ccc(OCc3ccccc3)c(N)c2)cc1. The van der Waals surface area contributed by atoms with Gasteiger partial charge in [-0.15, -0.1) is 0 Å². The van der Waals surface area contributed by atoms with Crippen LogP contribution in [0.25, 0.3) is 11.1 Å². The highest BCUT2D eigenvalue weighted by atomic mass is 16.6. The fraction of sp³-hybridized carbons (Fsp3) is 0.208. The van der Waals surface area contributed by atoms with Gasteiger partial charge in [0.2, 0.25) is 0 Å². The van der Waals surface area contributed by atoms with Gasteiger partial charge >= 0.3 is 5.97 Å². The van der Waals surface area contributed by atoms with Gasteiger partial charge in [0.25, 0.3) is 0 Å². The molecule has 0 amide bonds. The van der Waals surface area contributed by atoms with Crippen molar-refractivity contribution < 1.29 is 14.3 Å². The number of anilines is 1. The maximum Gasteiger partial charge on any atom is 0.338 e. The molecule has 144 valence electrons. The van der Waals surface area contributed by atoms with Crippen molar-refractivity contribution in [1.29, 1.82) is 0 Å². The minimum Gasteiger partial charge on any atom is -0.487 e. The second kappa shape index (κ2) is 8.17. The number of carbonyl (C=O) groups is 1. The third-order valence-electron chi connectivity index (χ3n) is 4.10. The van der Waals surface area contributed by atoms with E-state index in [4.69, 9.17) is 15.2 Å². The summed E-state index contributed by atoms with van der Waals surface area (Å²) in [4.78, 5) is 12.1. The van der Waals surface area contributed by atoms with E-state index in [-0.39, 0.29) is 5.97 Å². The van der Waals surface area contributed by atoms with Gasteiger partial charge in [0.05, 0.1) is 11.3 Å². The van der Waals surface area contributed by atoms with Crippen molar-refractivity contribution in [2.75, 3.05) is 5.73 Å². The Morgan fingerprint density at radius 3 is 2.14 bits per heavy atom. The number of esters is 1. The molecule has 0 saturated heterocycles. The molecule has 0 bridgehead atoms. The van der Waals surface area contributed by atoms with Gasteiger partial charge in [-0.05, 0) is 61.7 Å². The molecule has 0 aromatic heterocycles. The molecular formula is C24H25NO3. The molecule has 4 nitrogen and oxygen atoms in total. The maximum atomic E-state index is 12.1. The van der Waals surface area contributed by atoms with Gasteiger partial charge in [-0.25, -0.2) is 4.79 Å². The summed E-state index contributed by atoms with van der Waals surface area (Å²) in [6, 6.07) is 23.0. The molecule has 2 N–H and O–H groups in total. The molecule has 0 saturated carbocycles. The van der Waals surface area contributed by atoms with Crippen LogP contribution in [0.2, 0.25) is 0 Å². The lowest BCUT2D eigenvalue weighted by Crippen LogP contribution is -2.23. The first kappa shape index (κ1) is 19.5. The molecule has 4 heteroatoms. The van der Waals surface area contributed by atoms with Gasteiger partial charge in [-0.3, -0.25) is 0 Å². The van der Waals surface area contributed by atoms with Crippen molar-refractivity contribution in [3.63, 3.8) is 0 Å². The number of ether oxygens (including phenoxy) is 2. The van der Waals surface area contributed by atoms with Crippen LogP contribution < -0.4 is 10.5 Å². The van der Waals surface area contributed by atoms with Gasteiger partial charge in [-0.1, -0.05) is 48.5 Å². The highest BCUT2D eigenvalue weighted by Crippen LogP contribution is 2.29. The van der Waals surface area contributed by atoms with Crippen molar-refractivity contribution in [3.05, 3.63) is 83.9 Å². The average molecular weight is 375 g/mol. The molecule has 3 aromatic carbocycles. The standard InChI is InChI=1S/C24H25NO3/c1-24(2,3)28-23(26)19-11-9-18(10-12-19)20-13-14-22(21(25)15-20)27-16-17-7-5-4-6-8-17/h4-15H,16,25H2,1-3H3. The van der Waals surface area contributed by atoms with Crippen LogP contribution in [-0.2, 0) is 11.3 Å². The summed E-state index contributed by atoms with van der Waals surface area (Å²) in [6.45, 7) is 6.02. The van der Waals surface area contributed by atoms with E-state index in [1.807, 2.05) is 81.4 Å². The van der Waals surface area contributed by atoms with Crippen LogP contribution in [0.1, 0.15) is 36.7 Å². The van der Waals surface area contributed by atoms with Gasteiger partial charge in [0, 0.05) is 0 Å². The van der Waals surface area contributed by atoms with Gasteiger partial charge < -0.3 is 15.2 Å². The molecule has 0 aliphatic carbocycles. The van der Waals surface area contributed by atoms with Crippen LogP contribution in [0.15, 0.2) is 72.8 Å². The monoisotopic (exact) mass is 375 g/mol. The van der Waals surface area contributed by atoms with E-state index in [2.05, 4.69) is 0 Å². The lowest BCUT2D eigenvalue weighted by Gasteiger charge is -2.19. The summed E-state index contributed by atoms with van der Waals surface area (Å²) < 4.78 is 11.2. The molecule has 28 heavy (non-hydrogen) atoms. The third-order valence-corrected chi connectivity index (χ3v) is 4.10. The van der Waals surface area contributed by atoms with Gasteiger partial charge in [0.15, 0.2) is 0 Å². The lowest BCUT2D eigenvalue weighted by molar-refractivity contribution is 0.00695. The Kier molecular flexibility index (Phi) is 5.69. The number of carbonyl (C=O) groups excluding carboxylic acids is 1. The fourth-order valence-corrected chi connectivity index (χ4v) is 2.73. The van der Waals surface area contributed by atoms with Gasteiger partial charge in [-0.2, -0.15) is 0 Å². The summed E-state index contributed by atoms with van der Waals surface area (Å²) in [6.07, 6.45) is 0. The lowest BCUT2D eigenvalue weighted by atomic mass is 10.0. The maximum absolute atomic E-state index is 12.1. The minimum atomic E-state index is -0.514. The number of hydrogen-bond donors (Lipinski definition) is 1. The first-order valence-corrected chi connectivity index (χ1v) is 9.22. The molecule has 0 heterocycles. The normalized spacial score (nSPS) is 11.1. The van der Waals surface area contributed by atoms with Crippen LogP contribution in [0, 0.1) is 0 Å². The Morgan fingerprint density at radius 2 is 1.54 bits per heavy atom. The zero-order valence-corrected chi connectivity index (χ0v) is 16.4. The van der Waals surface area contributed by atoms with Crippen LogP contribution in [0.4, 0.5) is 5.69 Å². The van der Waals surface area contributed by atoms with E-state index < -0.39 is 5.60 Å². The highest BCUT2D eigenvalue weighted by Gasteiger charge is 2.17. The Balaban J connectivity index is 1.70. The fourth-order valence-electron chi connectivity index (χ4n) is 2.73. The Morgan fingerprint density at radius 1 is 0.893 bits per heavy atom. The predicted molar refractivity (Wildman–Crippen MR) is 112 cm³/mol. The van der Waals surface area contributed by atoms with Crippen molar-refractivity contribution in [3.8, 4) is 16.9 Å². The molecular weight excluding hydrogens is 350 g/mol. The van der Waals surface area contributed by atoms with E-state index in [1.165, 1.54) is 0 Å². The highest BCUT2D eigenvalue weighted by molar-refractivity contribution is 5.90. The Hall–Kier alpha value is -3.27. The molecule has 0 fully saturated rings. The summed E-state index contributed by atoms with van der Waals surface area (Å²) in [5, 5.41) is 0. The average Bonchev–Trinajstić information content (AvgIpc) is 2.66. The molecule has 3 rings (SSSR count). The van der Waals surface area contributed by atoms with Crippen molar-refractivity contribution in [1.82, 2.24) is 0 Å². The summed E-state index contributed by atoms with van der Waals surface area (Å²) >= 11 is 0. The molecule has 0 radical (unpaired) electrons. The topological polar surface area (TPSA) is 61.5 Å². The first-order chi connectivity index (χ1) is 13.3. The quantitative estimate of drug-likeness (QED) is 0.474. The Labute approximate surface area is 165 Å². The number of nitrogen functional groups attached to an aromatic ring is 1. The zero-order valence-electron chi connectivity index (χ0n) is 16.4. The zero-order chi connectivity index (χ0) is 20.1. The Bertz CT molecular complexity index is 942. The van der Waals surface area contributed by atoms with Crippen LogP contribution in [0.5, 0.6) is 5.75 Å². The largest absolute Gasteiger partial charge is 0.487 e. The number of rotatable bonds is 5. The van der Waals surface area contributed by atoms with Gasteiger partial charge in [0.1, 0.15) is 18.0 Å². The molecule has 0 unspecified atom stereocenters. The van der Waals surface area contributed by atoms with Crippen molar-refractivity contribution >= 4 is 11.7 Å². The van der Waals surface area contributed by atoms with E-state index in [0.29, 0.717) is 23.6 Å². The summed E-state index contributed by atoms with van der Waals surface area (Å²) in [5.41, 5.74) is 9.77. The van der Waals surface area contributed by atoms with Crippen LogP contribution >= 0.6 is 0 Å². The number of benzene rings is 3. The van der Waals surface area contributed by atoms with E-state index >= 15 is 0 Å². The summed E-state index contributed by atoms with van der Waals surface area (Å²) in [7, 11) is 0. The van der Waals surface area contributed by atoms with Crippen LogP contribution in [-0.4, -0.2) is 11.6 Å². The van der Waals surface area contributed by atoms with Crippen molar-refractivity contribution in [2.45, 2.75) is 33.0 Å². The smallest absolute Gasteiger partial charge is 0.338 e. The molecule has 0 aliphatic heterocycles. The summed E-state index contributed by atoms with van der Waals surface area (Å²) in [5.74, 6) is 0.321. The first-order valence-electron chi connectivity index (χ1n) is 9.22. The predicted octanol–water partition coefficient (Wildman–Crippen LogP) is 5.47. The minimum absolute atomic E-state index is 0.330. The van der Waals surface area contributed by atoms with E-state index in [0.717, 1.165) is 16.7 Å². The van der Waals surface area contributed by atoms with E-state index in [1.54, 1.807) is 12.1 Å². The van der Waals surface area contributed by atoms with E-state index in [9.17, 15) is 4.79 Å². The third kappa shape index (κ3) is 5.13. The second-order valence-corrected chi connectivity index (χ2v) is 7.61. The molecule has 3 aromatic rings. The van der Waals surface area contributed by atoms with Crippen LogP contribution in [0.3, 0.4) is 0 Å². The van der Waals surface area contributed by atoms with Crippen molar-refractivity contribution in [2.24, 2.45) is 0 Å². The number of hydrogen-bond acceptors (Lipinski definition) is 4. The second-order valence-electron chi connectivity index (χ2n) is 7.61. The molecule has 0 atom stereocenters. The number of nitrogens with two attached hydrogens (primary N) is 1. The molecule has 0 spiro atoms. The molecule has 0 aliphatic rings.